The number of amides is 1. The van der Waals surface area contributed by atoms with Gasteiger partial charge in [0.15, 0.2) is 5.78 Å². The normalized spacial score (nSPS) is 12.0. The highest BCUT2D eigenvalue weighted by Crippen LogP contribution is 2.38. The fourth-order valence-electron chi connectivity index (χ4n) is 2.93. The zero-order valence-electron chi connectivity index (χ0n) is 14.9. The van der Waals surface area contributed by atoms with E-state index in [0.29, 0.717) is 0 Å². The molecule has 0 bridgehead atoms. The van der Waals surface area contributed by atoms with Gasteiger partial charge in [-0.3, -0.25) is 24.5 Å². The highest BCUT2D eigenvalue weighted by molar-refractivity contribution is 6.32. The number of nitrogens with two attached hydrogens (primary N) is 1. The predicted molar refractivity (Wildman–Crippen MR) is 96.2 cm³/mol. The van der Waals surface area contributed by atoms with E-state index in [-0.39, 0.29) is 11.1 Å². The van der Waals surface area contributed by atoms with Crippen molar-refractivity contribution >= 4 is 34.8 Å². The molecule has 2 aromatic carbocycles. The average Bonchev–Trinajstić information content (AvgIpc) is 2.70. The number of benzene rings is 2. The molecule has 3 N–H and O–H groups in total. The van der Waals surface area contributed by atoms with Crippen molar-refractivity contribution in [1.29, 1.82) is 0 Å². The molecule has 2 aromatic rings. The third-order valence-corrected chi connectivity index (χ3v) is 4.17. The molecular formula is C18H13N3O8. The Morgan fingerprint density at radius 2 is 1.72 bits per heavy atom. The van der Waals surface area contributed by atoms with E-state index in [9.17, 15) is 29.3 Å². The van der Waals surface area contributed by atoms with Gasteiger partial charge in [0.1, 0.15) is 12.2 Å². The van der Waals surface area contributed by atoms with Crippen molar-refractivity contribution in [3.63, 3.8) is 0 Å². The van der Waals surface area contributed by atoms with Crippen LogP contribution in [0.2, 0.25) is 0 Å². The third kappa shape index (κ3) is 3.30. The summed E-state index contributed by atoms with van der Waals surface area (Å²) in [6, 6.07) is 6.51. The fraction of sp³-hybridized carbons (Fsp3) is 0.111. The molecule has 0 saturated carbocycles. The Hall–Kier alpha value is -4.12. The van der Waals surface area contributed by atoms with Gasteiger partial charge in [-0.25, -0.2) is 4.79 Å². The number of hydrogen-bond acceptors (Lipinski definition) is 9. The Labute approximate surface area is 162 Å². The van der Waals surface area contributed by atoms with Gasteiger partial charge in [0, 0.05) is 24.3 Å². The molecule has 0 aromatic heterocycles. The minimum Gasteiger partial charge on any atom is -0.397 e. The Balaban J connectivity index is 2.13. The number of rotatable bonds is 4. The molecular weight excluding hydrogens is 386 g/mol. The van der Waals surface area contributed by atoms with E-state index in [1.54, 1.807) is 5.48 Å². The lowest BCUT2D eigenvalue weighted by molar-refractivity contribution is -0.385. The first-order chi connectivity index (χ1) is 13.8. The number of ketones is 2. The molecule has 1 aliphatic carbocycles. The number of nitrogens with one attached hydrogen (secondary N) is 1. The zero-order valence-corrected chi connectivity index (χ0v) is 14.9. The number of ether oxygens (including phenoxy) is 1. The molecule has 148 valence electrons. The van der Waals surface area contributed by atoms with Gasteiger partial charge in [-0.2, -0.15) is 5.48 Å². The second-order valence-corrected chi connectivity index (χ2v) is 5.92. The van der Waals surface area contributed by atoms with Crippen LogP contribution in [0, 0.1) is 10.1 Å². The highest BCUT2D eigenvalue weighted by Gasteiger charge is 2.39. The van der Waals surface area contributed by atoms with Crippen molar-refractivity contribution in [2.45, 2.75) is 0 Å². The lowest BCUT2D eigenvalue weighted by Crippen LogP contribution is -2.31. The summed E-state index contributed by atoms with van der Waals surface area (Å²) in [6.07, 6.45) is 0. The van der Waals surface area contributed by atoms with Gasteiger partial charge in [-0.05, 0) is 0 Å². The first-order valence-corrected chi connectivity index (χ1v) is 8.06. The van der Waals surface area contributed by atoms with Gasteiger partial charge in [-0.1, -0.05) is 24.3 Å². The number of nitro groups is 1. The number of anilines is 1. The number of nitro benzene ring substituents is 1. The molecule has 11 heteroatoms. The van der Waals surface area contributed by atoms with Crippen molar-refractivity contribution in [3.8, 4) is 0 Å². The van der Waals surface area contributed by atoms with Crippen LogP contribution < -0.4 is 11.2 Å². The van der Waals surface area contributed by atoms with Crippen LogP contribution in [-0.2, 0) is 14.4 Å². The van der Waals surface area contributed by atoms with Crippen LogP contribution in [0.4, 0.5) is 11.4 Å². The molecule has 11 nitrogen and oxygen atoms in total. The third-order valence-electron chi connectivity index (χ3n) is 4.17. The van der Waals surface area contributed by atoms with Crippen LogP contribution in [-0.4, -0.2) is 42.1 Å². The van der Waals surface area contributed by atoms with Crippen LogP contribution >= 0.6 is 0 Å². The monoisotopic (exact) mass is 399 g/mol. The maximum atomic E-state index is 12.9. The quantitative estimate of drug-likeness (QED) is 0.366. The minimum absolute atomic E-state index is 0.00455. The van der Waals surface area contributed by atoms with Gasteiger partial charge >= 0.3 is 5.97 Å². The number of hydroxylamine groups is 1. The van der Waals surface area contributed by atoms with E-state index in [1.807, 2.05) is 0 Å². The molecule has 1 aliphatic rings. The molecule has 3 rings (SSSR count). The molecule has 0 radical (unpaired) electrons. The van der Waals surface area contributed by atoms with Crippen LogP contribution in [0.5, 0.6) is 0 Å². The van der Waals surface area contributed by atoms with E-state index in [1.165, 1.54) is 31.4 Å². The number of hydrogen-bond donors (Lipinski definition) is 2. The first-order valence-electron chi connectivity index (χ1n) is 8.06. The van der Waals surface area contributed by atoms with Gasteiger partial charge in [0.05, 0.1) is 21.7 Å². The van der Waals surface area contributed by atoms with Gasteiger partial charge in [0.2, 0.25) is 5.78 Å². The molecule has 0 fully saturated rings. The topological polar surface area (TPSA) is 168 Å². The van der Waals surface area contributed by atoms with Gasteiger partial charge in [0.25, 0.3) is 11.6 Å². The Morgan fingerprint density at radius 1 is 1.14 bits per heavy atom. The number of carbonyl (C=O) groups is 4. The largest absolute Gasteiger partial charge is 0.397 e. The Morgan fingerprint density at radius 3 is 2.28 bits per heavy atom. The number of carbonyl (C=O) groups excluding carboxylic acids is 4. The van der Waals surface area contributed by atoms with E-state index in [4.69, 9.17) is 5.73 Å². The zero-order chi connectivity index (χ0) is 21.3. The predicted octanol–water partition coefficient (Wildman–Crippen LogP) is 0.787. The molecule has 0 spiro atoms. The van der Waals surface area contributed by atoms with E-state index >= 15 is 0 Å². The lowest BCUT2D eigenvalue weighted by Gasteiger charge is -2.20. The standard InChI is InChI=1S/C18H13N3O8/c1-28-7-12(22)20-29-18(25)10-6-11(21(26)27)13-14(15(10)19)17(24)9-5-3-2-4-8(9)16(13)23/h2-6H,7,19H2,1H3,(H,20,22). The summed E-state index contributed by atoms with van der Waals surface area (Å²) in [4.78, 5) is 64.5. The van der Waals surface area contributed by atoms with Crippen LogP contribution in [0.25, 0.3) is 0 Å². The summed E-state index contributed by atoms with van der Waals surface area (Å²) in [7, 11) is 1.24. The molecule has 0 aliphatic heterocycles. The van der Waals surface area contributed by atoms with E-state index in [2.05, 4.69) is 9.57 Å². The van der Waals surface area contributed by atoms with Crippen LogP contribution in [0.1, 0.15) is 42.2 Å². The van der Waals surface area contributed by atoms with Crippen LogP contribution in [0.15, 0.2) is 30.3 Å². The summed E-state index contributed by atoms with van der Waals surface area (Å²) in [5, 5.41) is 11.5. The smallest absolute Gasteiger partial charge is 0.365 e. The molecule has 29 heavy (non-hydrogen) atoms. The summed E-state index contributed by atoms with van der Waals surface area (Å²) < 4.78 is 4.55. The van der Waals surface area contributed by atoms with E-state index < -0.39 is 63.0 Å². The summed E-state index contributed by atoms with van der Waals surface area (Å²) in [5.41, 5.74) is 4.94. The summed E-state index contributed by atoms with van der Waals surface area (Å²) in [6.45, 7) is -0.406. The summed E-state index contributed by atoms with van der Waals surface area (Å²) in [5.74, 6) is -3.56. The van der Waals surface area contributed by atoms with Crippen molar-refractivity contribution in [2.75, 3.05) is 19.5 Å². The fourth-order valence-corrected chi connectivity index (χ4v) is 2.93. The number of nitrogen functional groups attached to an aromatic ring is 1. The molecule has 0 unspecified atom stereocenters. The van der Waals surface area contributed by atoms with Crippen molar-refractivity contribution in [1.82, 2.24) is 5.48 Å². The molecule has 0 heterocycles. The van der Waals surface area contributed by atoms with Crippen LogP contribution in [0.3, 0.4) is 0 Å². The van der Waals surface area contributed by atoms with Crippen molar-refractivity contribution < 1.29 is 33.7 Å². The van der Waals surface area contributed by atoms with E-state index in [0.717, 1.165) is 6.07 Å². The molecule has 0 atom stereocenters. The second kappa shape index (κ2) is 7.48. The van der Waals surface area contributed by atoms with Crippen molar-refractivity contribution in [2.24, 2.45) is 0 Å². The summed E-state index contributed by atoms with van der Waals surface area (Å²) >= 11 is 0. The lowest BCUT2D eigenvalue weighted by atomic mass is 9.81. The SMILES string of the molecule is COCC(=O)NOC(=O)c1cc([N+](=O)[O-])c2c(c1N)C(=O)c1ccccc1C2=O. The Bertz CT molecular complexity index is 1090. The van der Waals surface area contributed by atoms with Gasteiger partial charge in [-0.15, -0.1) is 0 Å². The number of fused-ring (bicyclic) bond motifs is 2. The number of methoxy groups -OCH3 is 1. The average molecular weight is 399 g/mol. The number of nitrogens with zero attached hydrogens (tertiary/aromatic N) is 1. The first kappa shape index (κ1) is 19.6. The minimum atomic E-state index is -1.25. The Kier molecular flexibility index (Phi) is 5.07. The maximum Gasteiger partial charge on any atom is 0.365 e. The molecule has 0 saturated heterocycles. The maximum absolute atomic E-state index is 12.9. The second-order valence-electron chi connectivity index (χ2n) is 5.92. The highest BCUT2D eigenvalue weighted by atomic mass is 16.7. The van der Waals surface area contributed by atoms with Gasteiger partial charge < -0.3 is 15.3 Å². The van der Waals surface area contributed by atoms with Crippen molar-refractivity contribution in [3.05, 3.63) is 68.3 Å². The molecule has 1 amide bonds.